The minimum absolute atomic E-state index is 0.219. The van der Waals surface area contributed by atoms with Crippen LogP contribution in [0.2, 0.25) is 0 Å². The lowest BCUT2D eigenvalue weighted by Gasteiger charge is -2.08. The van der Waals surface area contributed by atoms with E-state index < -0.39 is 0 Å². The van der Waals surface area contributed by atoms with Gasteiger partial charge in [0.1, 0.15) is 0 Å². The van der Waals surface area contributed by atoms with Crippen molar-refractivity contribution >= 4 is 17.0 Å². The van der Waals surface area contributed by atoms with E-state index in [1.54, 1.807) is 6.20 Å². The van der Waals surface area contributed by atoms with Gasteiger partial charge in [-0.1, -0.05) is 12.1 Å². The summed E-state index contributed by atoms with van der Waals surface area (Å²) in [5.74, 6) is 0. The van der Waals surface area contributed by atoms with Crippen LogP contribution in [0.25, 0.3) is 5.65 Å². The standard InChI is InChI=1S/C16H19N5O/c1-11-9-14(15-19-20-16(22)21(15)10-11)18-8-2-3-12-4-6-13(17)7-5-12/h4-7,9-10,18H,2-3,8,17H2,1H3,(H,20,22). The molecule has 0 unspecified atom stereocenters. The van der Waals surface area contributed by atoms with Gasteiger partial charge in [0.15, 0.2) is 5.65 Å². The zero-order chi connectivity index (χ0) is 15.5. The third kappa shape index (κ3) is 2.95. The van der Waals surface area contributed by atoms with Gasteiger partial charge >= 0.3 is 5.69 Å². The summed E-state index contributed by atoms with van der Waals surface area (Å²) in [5.41, 5.74) is 10.0. The van der Waals surface area contributed by atoms with Gasteiger partial charge in [-0.25, -0.2) is 14.3 Å². The Bertz CT molecular complexity index is 832. The predicted molar refractivity (Wildman–Crippen MR) is 88.2 cm³/mol. The van der Waals surface area contributed by atoms with Crippen LogP contribution in [0.15, 0.2) is 41.3 Å². The Morgan fingerprint density at radius 1 is 1.32 bits per heavy atom. The van der Waals surface area contributed by atoms with Gasteiger partial charge in [0, 0.05) is 18.4 Å². The highest BCUT2D eigenvalue weighted by molar-refractivity contribution is 5.67. The third-order valence-electron chi connectivity index (χ3n) is 3.59. The first-order chi connectivity index (χ1) is 10.6. The minimum Gasteiger partial charge on any atom is -0.399 e. The summed E-state index contributed by atoms with van der Waals surface area (Å²) in [7, 11) is 0. The lowest BCUT2D eigenvalue weighted by molar-refractivity contribution is 0.862. The van der Waals surface area contributed by atoms with Crippen molar-refractivity contribution in [2.45, 2.75) is 19.8 Å². The summed E-state index contributed by atoms with van der Waals surface area (Å²) in [4.78, 5) is 11.6. The van der Waals surface area contributed by atoms with E-state index in [4.69, 9.17) is 5.73 Å². The number of nitrogens with two attached hydrogens (primary N) is 1. The Morgan fingerprint density at radius 3 is 2.86 bits per heavy atom. The molecule has 0 fully saturated rings. The number of hydrogen-bond donors (Lipinski definition) is 3. The minimum atomic E-state index is -0.219. The van der Waals surface area contributed by atoms with Crippen LogP contribution in [0, 0.1) is 6.92 Å². The zero-order valence-electron chi connectivity index (χ0n) is 12.5. The van der Waals surface area contributed by atoms with Crippen molar-refractivity contribution in [2.75, 3.05) is 17.6 Å². The molecule has 2 heterocycles. The van der Waals surface area contributed by atoms with Gasteiger partial charge in [-0.2, -0.15) is 5.10 Å². The fourth-order valence-corrected chi connectivity index (χ4v) is 2.48. The summed E-state index contributed by atoms with van der Waals surface area (Å²) in [5, 5.41) is 9.88. The molecule has 22 heavy (non-hydrogen) atoms. The van der Waals surface area contributed by atoms with E-state index in [0.717, 1.165) is 36.3 Å². The number of nitrogens with zero attached hydrogens (tertiary/aromatic N) is 2. The van der Waals surface area contributed by atoms with Crippen LogP contribution in [0.5, 0.6) is 0 Å². The largest absolute Gasteiger partial charge is 0.399 e. The highest BCUT2D eigenvalue weighted by Gasteiger charge is 2.06. The van der Waals surface area contributed by atoms with Crippen LogP contribution in [0.1, 0.15) is 17.5 Å². The average molecular weight is 297 g/mol. The lowest BCUT2D eigenvalue weighted by atomic mass is 10.1. The second kappa shape index (κ2) is 5.93. The van der Waals surface area contributed by atoms with Gasteiger partial charge in [-0.3, -0.25) is 0 Å². The molecule has 0 saturated heterocycles. The van der Waals surface area contributed by atoms with Gasteiger partial charge in [-0.15, -0.1) is 0 Å². The molecule has 0 aliphatic heterocycles. The second-order valence-corrected chi connectivity index (χ2v) is 5.43. The Labute approximate surface area is 128 Å². The number of anilines is 2. The van der Waals surface area contributed by atoms with E-state index in [1.807, 2.05) is 37.3 Å². The van der Waals surface area contributed by atoms with E-state index in [9.17, 15) is 4.79 Å². The topological polar surface area (TPSA) is 88.2 Å². The Hall–Kier alpha value is -2.76. The molecule has 0 aliphatic carbocycles. The number of hydrogen-bond acceptors (Lipinski definition) is 4. The van der Waals surface area contributed by atoms with Gasteiger partial charge in [0.25, 0.3) is 0 Å². The monoisotopic (exact) mass is 297 g/mol. The average Bonchev–Trinajstić information content (AvgIpc) is 2.87. The molecule has 3 aromatic rings. The summed E-state index contributed by atoms with van der Waals surface area (Å²) in [6.45, 7) is 2.77. The molecule has 0 bridgehead atoms. The van der Waals surface area contributed by atoms with Crippen molar-refractivity contribution in [2.24, 2.45) is 0 Å². The fourth-order valence-electron chi connectivity index (χ4n) is 2.48. The van der Waals surface area contributed by atoms with Crippen molar-refractivity contribution in [1.29, 1.82) is 0 Å². The first-order valence-electron chi connectivity index (χ1n) is 7.29. The molecule has 1 aromatic carbocycles. The Kier molecular flexibility index (Phi) is 3.82. The van der Waals surface area contributed by atoms with Gasteiger partial charge in [0.05, 0.1) is 5.69 Å². The number of H-pyrrole nitrogens is 1. The Balaban J connectivity index is 1.64. The predicted octanol–water partition coefficient (Wildman–Crippen LogP) is 1.96. The maximum Gasteiger partial charge on any atom is 0.347 e. The normalized spacial score (nSPS) is 11.0. The molecule has 0 saturated carbocycles. The quantitative estimate of drug-likeness (QED) is 0.496. The Morgan fingerprint density at radius 2 is 2.09 bits per heavy atom. The van der Waals surface area contributed by atoms with Gasteiger partial charge in [-0.05, 0) is 49.1 Å². The van der Waals surface area contributed by atoms with Crippen LogP contribution in [0.3, 0.4) is 0 Å². The van der Waals surface area contributed by atoms with Crippen molar-refractivity contribution in [3.8, 4) is 0 Å². The fraction of sp³-hybridized carbons (Fsp3) is 0.250. The number of benzene rings is 1. The van der Waals surface area contributed by atoms with Crippen LogP contribution >= 0.6 is 0 Å². The van der Waals surface area contributed by atoms with E-state index >= 15 is 0 Å². The number of fused-ring (bicyclic) bond motifs is 1. The number of pyridine rings is 1. The number of aromatic nitrogens is 3. The summed E-state index contributed by atoms with van der Waals surface area (Å²) < 4.78 is 1.53. The van der Waals surface area contributed by atoms with Crippen molar-refractivity contribution < 1.29 is 0 Å². The van der Waals surface area contributed by atoms with Gasteiger partial charge in [0.2, 0.25) is 0 Å². The van der Waals surface area contributed by atoms with Crippen LogP contribution in [-0.4, -0.2) is 21.1 Å². The van der Waals surface area contributed by atoms with E-state index in [1.165, 1.54) is 9.96 Å². The molecule has 0 amide bonds. The molecule has 0 aliphatic rings. The summed E-state index contributed by atoms with van der Waals surface area (Å²) in [6.07, 6.45) is 3.74. The van der Waals surface area contributed by atoms with Crippen LogP contribution in [0.4, 0.5) is 11.4 Å². The first-order valence-corrected chi connectivity index (χ1v) is 7.29. The smallest absolute Gasteiger partial charge is 0.347 e. The summed E-state index contributed by atoms with van der Waals surface area (Å²) >= 11 is 0. The SMILES string of the molecule is Cc1cc(NCCCc2ccc(N)cc2)c2n[nH]c(=O)n2c1. The molecule has 0 spiro atoms. The van der Waals surface area contributed by atoms with E-state index in [0.29, 0.717) is 5.65 Å². The third-order valence-corrected chi connectivity index (χ3v) is 3.59. The number of aromatic amines is 1. The summed E-state index contributed by atoms with van der Waals surface area (Å²) in [6, 6.07) is 9.94. The molecule has 2 aromatic heterocycles. The highest BCUT2D eigenvalue weighted by atomic mass is 16.1. The molecule has 6 heteroatoms. The van der Waals surface area contributed by atoms with Crippen LogP contribution < -0.4 is 16.7 Å². The van der Waals surface area contributed by atoms with E-state index in [2.05, 4.69) is 15.5 Å². The molecular formula is C16H19N5O. The molecule has 6 nitrogen and oxygen atoms in total. The van der Waals surface area contributed by atoms with Crippen molar-refractivity contribution in [3.63, 3.8) is 0 Å². The second-order valence-electron chi connectivity index (χ2n) is 5.43. The number of aryl methyl sites for hydroxylation is 2. The molecule has 3 rings (SSSR count). The van der Waals surface area contributed by atoms with Crippen molar-refractivity contribution in [1.82, 2.24) is 14.6 Å². The number of nitrogen functional groups attached to an aromatic ring is 1. The van der Waals surface area contributed by atoms with Crippen LogP contribution in [-0.2, 0) is 6.42 Å². The highest BCUT2D eigenvalue weighted by Crippen LogP contribution is 2.15. The molecule has 114 valence electrons. The van der Waals surface area contributed by atoms with E-state index in [-0.39, 0.29) is 5.69 Å². The number of nitrogens with one attached hydrogen (secondary N) is 2. The number of rotatable bonds is 5. The first kappa shape index (κ1) is 14.2. The van der Waals surface area contributed by atoms with Gasteiger partial charge < -0.3 is 11.1 Å². The maximum atomic E-state index is 11.6. The molecule has 4 N–H and O–H groups in total. The zero-order valence-corrected chi connectivity index (χ0v) is 12.5. The lowest BCUT2D eigenvalue weighted by Crippen LogP contribution is -2.11. The molecule has 0 atom stereocenters. The van der Waals surface area contributed by atoms with Crippen molar-refractivity contribution in [3.05, 3.63) is 58.1 Å². The maximum absolute atomic E-state index is 11.6. The molecular weight excluding hydrogens is 278 g/mol. The molecule has 0 radical (unpaired) electrons.